The Hall–Kier alpha value is -2.21. The summed E-state index contributed by atoms with van der Waals surface area (Å²) in [7, 11) is 6.72. The zero-order chi connectivity index (χ0) is 16.3. The highest BCUT2D eigenvalue weighted by Crippen LogP contribution is 2.43. The summed E-state index contributed by atoms with van der Waals surface area (Å²) in [4.78, 5) is 0. The maximum atomic E-state index is 6.03. The first kappa shape index (κ1) is 16.2. The number of ether oxygens (including phenoxy) is 3. The molecule has 0 saturated carbocycles. The van der Waals surface area contributed by atoms with Crippen LogP contribution < -0.4 is 19.9 Å². The highest BCUT2D eigenvalue weighted by Gasteiger charge is 2.25. The SMILES string of the molecule is COc1ccc(C(CN)c2cc(C)nn2C)c(OC)c1OC. The Bertz CT molecular complexity index is 652. The monoisotopic (exact) mass is 305 g/mol. The predicted octanol–water partition coefficient (Wildman–Crippen LogP) is 1.84. The summed E-state index contributed by atoms with van der Waals surface area (Å²) in [5.74, 6) is 1.79. The zero-order valence-corrected chi connectivity index (χ0v) is 13.7. The number of nitrogens with two attached hydrogens (primary N) is 1. The Labute approximate surface area is 130 Å². The van der Waals surface area contributed by atoms with Crippen molar-refractivity contribution in [1.82, 2.24) is 9.78 Å². The molecular formula is C16H23N3O3. The summed E-state index contributed by atoms with van der Waals surface area (Å²) in [6.07, 6.45) is 0. The van der Waals surface area contributed by atoms with E-state index in [4.69, 9.17) is 19.9 Å². The fraction of sp³-hybridized carbons (Fsp3) is 0.438. The van der Waals surface area contributed by atoms with Crippen LogP contribution in [0.25, 0.3) is 0 Å². The van der Waals surface area contributed by atoms with Crippen LogP contribution in [0.1, 0.15) is 22.9 Å². The molecule has 6 nitrogen and oxygen atoms in total. The summed E-state index contributed by atoms with van der Waals surface area (Å²) in [6, 6.07) is 5.86. The zero-order valence-electron chi connectivity index (χ0n) is 13.7. The van der Waals surface area contributed by atoms with Crippen molar-refractivity contribution in [2.75, 3.05) is 27.9 Å². The van der Waals surface area contributed by atoms with Gasteiger partial charge in [0.2, 0.25) is 5.75 Å². The molecule has 120 valence electrons. The van der Waals surface area contributed by atoms with Gasteiger partial charge in [0.1, 0.15) is 0 Å². The number of nitrogens with zero attached hydrogens (tertiary/aromatic N) is 2. The lowest BCUT2D eigenvalue weighted by Crippen LogP contribution is -2.18. The lowest BCUT2D eigenvalue weighted by Gasteiger charge is -2.21. The lowest BCUT2D eigenvalue weighted by atomic mass is 9.94. The fourth-order valence-corrected chi connectivity index (χ4v) is 2.76. The quantitative estimate of drug-likeness (QED) is 0.882. The van der Waals surface area contributed by atoms with Gasteiger partial charge in [-0.2, -0.15) is 5.10 Å². The van der Waals surface area contributed by atoms with Crippen LogP contribution in [0.3, 0.4) is 0 Å². The smallest absolute Gasteiger partial charge is 0.203 e. The molecule has 0 spiro atoms. The number of aryl methyl sites for hydroxylation is 2. The minimum Gasteiger partial charge on any atom is -0.493 e. The van der Waals surface area contributed by atoms with Gasteiger partial charge in [0, 0.05) is 30.8 Å². The van der Waals surface area contributed by atoms with Gasteiger partial charge in [-0.15, -0.1) is 0 Å². The number of methoxy groups -OCH3 is 3. The third kappa shape index (κ3) is 2.74. The molecule has 0 bridgehead atoms. The number of hydrogen-bond acceptors (Lipinski definition) is 5. The largest absolute Gasteiger partial charge is 0.493 e. The predicted molar refractivity (Wildman–Crippen MR) is 84.9 cm³/mol. The first-order valence-corrected chi connectivity index (χ1v) is 7.06. The standard InChI is InChI=1S/C16H23N3O3/c1-10-8-13(19(2)18-10)12(9-17)11-6-7-14(20-3)16(22-5)15(11)21-4/h6-8,12H,9,17H2,1-5H3. The van der Waals surface area contributed by atoms with Crippen molar-refractivity contribution in [2.45, 2.75) is 12.8 Å². The van der Waals surface area contributed by atoms with Gasteiger partial charge in [0.05, 0.1) is 27.0 Å². The molecule has 0 radical (unpaired) electrons. The topological polar surface area (TPSA) is 71.5 Å². The van der Waals surface area contributed by atoms with Crippen LogP contribution in [0.15, 0.2) is 18.2 Å². The fourth-order valence-electron chi connectivity index (χ4n) is 2.76. The number of aromatic nitrogens is 2. The van der Waals surface area contributed by atoms with Crippen LogP contribution in [0, 0.1) is 6.92 Å². The van der Waals surface area contributed by atoms with Gasteiger partial charge in [-0.3, -0.25) is 4.68 Å². The van der Waals surface area contributed by atoms with Gasteiger partial charge in [0.25, 0.3) is 0 Å². The van der Waals surface area contributed by atoms with Gasteiger partial charge in [-0.05, 0) is 19.1 Å². The molecule has 2 N–H and O–H groups in total. The van der Waals surface area contributed by atoms with Crippen molar-refractivity contribution < 1.29 is 14.2 Å². The molecule has 0 aliphatic heterocycles. The van der Waals surface area contributed by atoms with E-state index in [1.807, 2.05) is 36.9 Å². The van der Waals surface area contributed by atoms with Gasteiger partial charge in [0.15, 0.2) is 11.5 Å². The first-order valence-electron chi connectivity index (χ1n) is 7.06. The summed E-state index contributed by atoms with van der Waals surface area (Å²) in [5.41, 5.74) is 8.97. The van der Waals surface area contributed by atoms with Crippen LogP contribution in [0.5, 0.6) is 17.2 Å². The van der Waals surface area contributed by atoms with E-state index in [2.05, 4.69) is 5.10 Å². The molecule has 2 rings (SSSR count). The van der Waals surface area contributed by atoms with E-state index in [9.17, 15) is 0 Å². The van der Waals surface area contributed by atoms with Crippen LogP contribution in [0.4, 0.5) is 0 Å². The van der Waals surface area contributed by atoms with Gasteiger partial charge in [-0.1, -0.05) is 6.07 Å². The third-order valence-electron chi connectivity index (χ3n) is 3.74. The summed E-state index contributed by atoms with van der Waals surface area (Å²) < 4.78 is 18.2. The highest BCUT2D eigenvalue weighted by molar-refractivity contribution is 5.58. The molecule has 0 aliphatic carbocycles. The Morgan fingerprint density at radius 3 is 2.27 bits per heavy atom. The third-order valence-corrected chi connectivity index (χ3v) is 3.74. The molecule has 1 atom stereocenters. The van der Waals surface area contributed by atoms with E-state index in [0.717, 1.165) is 17.0 Å². The first-order chi connectivity index (χ1) is 10.6. The Kier molecular flexibility index (Phi) is 4.92. The summed E-state index contributed by atoms with van der Waals surface area (Å²) in [5, 5.41) is 4.40. The van der Waals surface area contributed by atoms with Gasteiger partial charge >= 0.3 is 0 Å². The molecule has 0 amide bonds. The normalized spacial score (nSPS) is 12.1. The molecule has 0 fully saturated rings. The Balaban J connectivity index is 2.61. The van der Waals surface area contributed by atoms with Crippen molar-refractivity contribution in [3.8, 4) is 17.2 Å². The lowest BCUT2D eigenvalue weighted by molar-refractivity contribution is 0.321. The van der Waals surface area contributed by atoms with Crippen LogP contribution >= 0.6 is 0 Å². The van der Waals surface area contributed by atoms with Crippen molar-refractivity contribution in [2.24, 2.45) is 12.8 Å². The maximum Gasteiger partial charge on any atom is 0.203 e. The maximum absolute atomic E-state index is 6.03. The number of benzene rings is 1. The van der Waals surface area contributed by atoms with Crippen molar-refractivity contribution in [3.63, 3.8) is 0 Å². The molecule has 0 aliphatic rings. The molecule has 1 aromatic heterocycles. The van der Waals surface area contributed by atoms with Crippen LogP contribution in [0.2, 0.25) is 0 Å². The molecule has 1 unspecified atom stereocenters. The average molecular weight is 305 g/mol. The van der Waals surface area contributed by atoms with E-state index in [1.54, 1.807) is 21.3 Å². The second kappa shape index (κ2) is 6.70. The molecular weight excluding hydrogens is 282 g/mol. The molecule has 1 heterocycles. The van der Waals surface area contributed by atoms with Crippen molar-refractivity contribution >= 4 is 0 Å². The second-order valence-electron chi connectivity index (χ2n) is 5.05. The summed E-state index contributed by atoms with van der Waals surface area (Å²) >= 11 is 0. The van der Waals surface area contributed by atoms with Crippen molar-refractivity contribution in [3.05, 3.63) is 35.2 Å². The van der Waals surface area contributed by atoms with E-state index < -0.39 is 0 Å². The van der Waals surface area contributed by atoms with Gasteiger partial charge < -0.3 is 19.9 Å². The molecule has 0 saturated heterocycles. The van der Waals surface area contributed by atoms with E-state index >= 15 is 0 Å². The van der Waals surface area contributed by atoms with E-state index in [1.165, 1.54) is 0 Å². The summed E-state index contributed by atoms with van der Waals surface area (Å²) in [6.45, 7) is 2.40. The van der Waals surface area contributed by atoms with Crippen molar-refractivity contribution in [1.29, 1.82) is 0 Å². The molecule has 1 aromatic carbocycles. The number of rotatable bonds is 6. The van der Waals surface area contributed by atoms with E-state index in [-0.39, 0.29) is 5.92 Å². The van der Waals surface area contributed by atoms with Gasteiger partial charge in [-0.25, -0.2) is 0 Å². The minimum absolute atomic E-state index is 0.0408. The van der Waals surface area contributed by atoms with E-state index in [0.29, 0.717) is 23.8 Å². The van der Waals surface area contributed by atoms with Crippen LogP contribution in [-0.2, 0) is 7.05 Å². The molecule has 6 heteroatoms. The second-order valence-corrected chi connectivity index (χ2v) is 5.05. The molecule has 22 heavy (non-hydrogen) atoms. The highest BCUT2D eigenvalue weighted by atomic mass is 16.5. The average Bonchev–Trinajstić information content (AvgIpc) is 2.85. The van der Waals surface area contributed by atoms with Crippen LogP contribution in [-0.4, -0.2) is 37.7 Å². The Morgan fingerprint density at radius 1 is 1.14 bits per heavy atom. The Morgan fingerprint density at radius 2 is 1.82 bits per heavy atom. The number of hydrogen-bond donors (Lipinski definition) is 1. The molecule has 2 aromatic rings. The minimum atomic E-state index is -0.0408.